The highest BCUT2D eigenvalue weighted by atomic mass is 31.3. The third-order valence-electron chi connectivity index (χ3n) is 5.22. The van der Waals surface area contributed by atoms with Crippen molar-refractivity contribution < 1.29 is 61.4 Å². The van der Waals surface area contributed by atoms with Gasteiger partial charge < -0.3 is 40.3 Å². The number of nitrogens with two attached hydrogens (primary N) is 1. The molecule has 1 fully saturated rings. The summed E-state index contributed by atoms with van der Waals surface area (Å²) in [6, 6.07) is 0. The average Bonchev–Trinajstić information content (AvgIpc) is 3.17. The molecule has 2 aromatic heterocycles. The van der Waals surface area contributed by atoms with Gasteiger partial charge in [-0.2, -0.15) is 8.62 Å². The molecule has 0 amide bonds. The summed E-state index contributed by atoms with van der Waals surface area (Å²) in [6.45, 7) is 0. The minimum atomic E-state index is -5.77. The van der Waals surface area contributed by atoms with E-state index in [1.807, 2.05) is 0 Å². The van der Waals surface area contributed by atoms with Crippen molar-refractivity contribution in [2.45, 2.75) is 43.0 Å². The Morgan fingerprint density at radius 2 is 1.80 bits per heavy atom. The molecule has 3 unspecified atom stereocenters. The molecule has 2 aromatic rings. The smallest absolute Gasteiger partial charge is 0.385 e. The van der Waals surface area contributed by atoms with Gasteiger partial charge in [0, 0.05) is 0 Å². The minimum Gasteiger partial charge on any atom is -0.385 e. The van der Waals surface area contributed by atoms with Gasteiger partial charge in [-0.25, -0.2) is 28.6 Å². The lowest BCUT2D eigenvalue weighted by atomic mass is 9.87. The van der Waals surface area contributed by atoms with Gasteiger partial charge in [-0.3, -0.25) is 9.09 Å². The van der Waals surface area contributed by atoms with Crippen LogP contribution in [0.1, 0.15) is 19.1 Å². The van der Waals surface area contributed by atoms with Crippen LogP contribution in [-0.2, 0) is 31.6 Å². The number of aromatic nitrogens is 4. The Labute approximate surface area is 195 Å². The number of rotatable bonds is 7. The van der Waals surface area contributed by atoms with Crippen LogP contribution in [0.2, 0.25) is 0 Å². The Bertz CT molecular complexity index is 1300. The number of imidazole rings is 1. The number of hydrogen-bond donors (Lipinski definition) is 7. The molecule has 0 bridgehead atoms. The van der Waals surface area contributed by atoms with E-state index in [2.05, 4.69) is 23.6 Å². The molecule has 3 heterocycles. The second-order valence-corrected chi connectivity index (χ2v) is 12.0. The molecule has 1 saturated heterocycles. The maximum Gasteiger partial charge on any atom is 0.490 e. The first-order valence-corrected chi connectivity index (χ1v) is 14.1. The number of aliphatic hydroxyl groups is 2. The number of phosphoric ester groups is 1. The van der Waals surface area contributed by atoms with Crippen LogP contribution in [0.4, 0.5) is 5.82 Å². The molecule has 194 valence electrons. The summed E-state index contributed by atoms with van der Waals surface area (Å²) >= 11 is 0. The van der Waals surface area contributed by atoms with E-state index in [1.165, 1.54) is 23.0 Å². The van der Waals surface area contributed by atoms with Crippen LogP contribution >= 0.6 is 23.5 Å². The van der Waals surface area contributed by atoms with Gasteiger partial charge >= 0.3 is 23.5 Å². The molecule has 0 radical (unpaired) electrons. The molecule has 35 heavy (non-hydrogen) atoms. The SMILES string of the molecule is Nc1ncnc2c1ncn2[C@@H]1O[C@@H]2C(OP(=O)(O)OP(=O)(O)OP(=O)(O)O)CC=CC[C@]2(O)[C@H]1O. The van der Waals surface area contributed by atoms with Crippen molar-refractivity contribution >= 4 is 40.4 Å². The zero-order valence-electron chi connectivity index (χ0n) is 17.3. The summed E-state index contributed by atoms with van der Waals surface area (Å²) in [6.07, 6.45) is -1.19. The van der Waals surface area contributed by atoms with Crippen LogP contribution in [0.3, 0.4) is 0 Å². The van der Waals surface area contributed by atoms with Crippen molar-refractivity contribution in [1.82, 2.24) is 19.5 Å². The minimum absolute atomic E-state index is 0.0441. The van der Waals surface area contributed by atoms with Gasteiger partial charge in [0.1, 0.15) is 35.8 Å². The van der Waals surface area contributed by atoms with E-state index in [0.29, 0.717) is 0 Å². The van der Waals surface area contributed by atoms with Crippen molar-refractivity contribution in [3.05, 3.63) is 24.8 Å². The van der Waals surface area contributed by atoms with Gasteiger partial charge in [0.2, 0.25) is 0 Å². The summed E-state index contributed by atoms with van der Waals surface area (Å²) in [5.41, 5.74) is 4.01. The Morgan fingerprint density at radius 3 is 2.49 bits per heavy atom. The van der Waals surface area contributed by atoms with Crippen molar-refractivity contribution in [3.8, 4) is 0 Å². The maximum atomic E-state index is 12.4. The fraction of sp³-hybridized carbons (Fsp3) is 0.500. The molecule has 21 heteroatoms. The van der Waals surface area contributed by atoms with Crippen molar-refractivity contribution in [1.29, 1.82) is 0 Å². The number of nitrogen functional groups attached to an aromatic ring is 1. The summed E-state index contributed by atoms with van der Waals surface area (Å²) in [5.74, 6) is 0.0441. The van der Waals surface area contributed by atoms with E-state index in [0.717, 1.165) is 6.33 Å². The standard InChI is InChI=1S/C14H20N5O13P3/c15-11-8-12(17-5-16-11)19(6-18-8)13-9(20)14(21)4-2-1-3-7(10(14)29-13)30-34(25,26)32-35(27,28)31-33(22,23)24/h1-2,5-7,9-10,13,20-21H,3-4H2,(H,25,26)(H,27,28)(H2,15,16,17)(H2,22,23,24)/t7?,9-,10+,13+,14-/m0/s1. The number of anilines is 1. The zero-order chi connectivity index (χ0) is 25.8. The average molecular weight is 559 g/mol. The maximum absolute atomic E-state index is 12.4. The predicted octanol–water partition coefficient (Wildman–Crippen LogP) is -0.540. The molecular weight excluding hydrogens is 539 g/mol. The Balaban J connectivity index is 1.61. The Morgan fingerprint density at radius 1 is 1.09 bits per heavy atom. The van der Waals surface area contributed by atoms with Crippen LogP contribution in [0, 0.1) is 0 Å². The van der Waals surface area contributed by atoms with E-state index in [-0.39, 0.29) is 29.8 Å². The fourth-order valence-electron chi connectivity index (χ4n) is 3.87. The van der Waals surface area contributed by atoms with E-state index in [1.54, 1.807) is 0 Å². The monoisotopic (exact) mass is 559 g/mol. The number of ether oxygens (including phenoxy) is 1. The van der Waals surface area contributed by atoms with Crippen molar-refractivity contribution in [2.24, 2.45) is 0 Å². The lowest BCUT2D eigenvalue weighted by molar-refractivity contribution is -0.114. The van der Waals surface area contributed by atoms with Crippen molar-refractivity contribution in [2.75, 3.05) is 5.73 Å². The second kappa shape index (κ2) is 9.04. The Hall–Kier alpha value is -1.62. The lowest BCUT2D eigenvalue weighted by Crippen LogP contribution is -2.51. The summed E-state index contributed by atoms with van der Waals surface area (Å²) < 4.78 is 54.3. The van der Waals surface area contributed by atoms with Gasteiger partial charge in [-0.15, -0.1) is 0 Å². The summed E-state index contributed by atoms with van der Waals surface area (Å²) in [7, 11) is -16.9. The van der Waals surface area contributed by atoms with E-state index < -0.39 is 53.6 Å². The van der Waals surface area contributed by atoms with Crippen LogP contribution in [0.5, 0.6) is 0 Å². The molecule has 2 aliphatic rings. The third-order valence-corrected chi connectivity index (χ3v) is 9.09. The van der Waals surface area contributed by atoms with E-state index in [9.17, 15) is 33.7 Å². The van der Waals surface area contributed by atoms with E-state index in [4.69, 9.17) is 24.8 Å². The quantitative estimate of drug-likeness (QED) is 0.166. The number of hydrogen-bond acceptors (Lipinski definition) is 13. The lowest BCUT2D eigenvalue weighted by Gasteiger charge is -2.33. The molecule has 0 aromatic carbocycles. The van der Waals surface area contributed by atoms with Gasteiger partial charge in [0.25, 0.3) is 0 Å². The number of fused-ring (bicyclic) bond motifs is 2. The molecule has 1 aliphatic heterocycles. The summed E-state index contributed by atoms with van der Waals surface area (Å²) in [4.78, 5) is 48.6. The highest BCUT2D eigenvalue weighted by molar-refractivity contribution is 7.66. The van der Waals surface area contributed by atoms with E-state index >= 15 is 0 Å². The highest BCUT2D eigenvalue weighted by Crippen LogP contribution is 2.67. The molecule has 1 aliphatic carbocycles. The number of aliphatic hydroxyl groups excluding tert-OH is 1. The van der Waals surface area contributed by atoms with Crippen LogP contribution in [0.25, 0.3) is 11.2 Å². The molecule has 0 spiro atoms. The molecule has 0 saturated carbocycles. The Kier molecular flexibility index (Phi) is 6.83. The highest BCUT2D eigenvalue weighted by Gasteiger charge is 2.60. The first kappa shape index (κ1) is 26.4. The number of phosphoric acid groups is 3. The second-order valence-electron chi connectivity index (χ2n) is 7.61. The molecule has 7 atom stereocenters. The van der Waals surface area contributed by atoms with Crippen LogP contribution < -0.4 is 5.73 Å². The van der Waals surface area contributed by atoms with Gasteiger partial charge in [-0.1, -0.05) is 12.2 Å². The molecule has 4 rings (SSSR count). The topological polar surface area (TPSA) is 279 Å². The molecular formula is C14H20N5O13P3. The predicted molar refractivity (Wildman–Crippen MR) is 112 cm³/mol. The third kappa shape index (κ3) is 5.40. The number of nitrogens with zero attached hydrogens (tertiary/aromatic N) is 4. The molecule has 8 N–H and O–H groups in total. The van der Waals surface area contributed by atoms with Gasteiger partial charge in [0.05, 0.1) is 6.33 Å². The molecule has 18 nitrogen and oxygen atoms in total. The van der Waals surface area contributed by atoms with Crippen molar-refractivity contribution in [3.63, 3.8) is 0 Å². The van der Waals surface area contributed by atoms with Crippen LogP contribution in [0.15, 0.2) is 24.8 Å². The van der Waals surface area contributed by atoms with Crippen LogP contribution in [-0.4, -0.2) is 73.2 Å². The largest absolute Gasteiger partial charge is 0.490 e. The van der Waals surface area contributed by atoms with Gasteiger partial charge in [0.15, 0.2) is 17.7 Å². The summed E-state index contributed by atoms with van der Waals surface area (Å²) in [5, 5.41) is 22.2. The van der Waals surface area contributed by atoms with Gasteiger partial charge in [-0.05, 0) is 12.8 Å². The zero-order valence-corrected chi connectivity index (χ0v) is 20.0. The fourth-order valence-corrected chi connectivity index (χ4v) is 7.07. The normalized spacial score (nSPS) is 32.6. The first-order valence-electron chi connectivity index (χ1n) is 9.58. The first-order chi connectivity index (χ1) is 16.1.